The number of hydrogen-bond donors (Lipinski definition) is 1. The average Bonchev–Trinajstić information content (AvgIpc) is 2.32. The Kier molecular flexibility index (Phi) is 4.31. The maximum Gasteiger partial charge on any atom is 0.0645 e. The highest BCUT2D eigenvalue weighted by Gasteiger charge is 2.26. The van der Waals surface area contributed by atoms with Crippen molar-refractivity contribution in [3.8, 4) is 0 Å². The van der Waals surface area contributed by atoms with Gasteiger partial charge < -0.3 is 10.1 Å². The van der Waals surface area contributed by atoms with Gasteiger partial charge in [-0.05, 0) is 31.4 Å². The van der Waals surface area contributed by atoms with E-state index in [1.54, 1.807) is 6.07 Å². The monoisotopic (exact) mass is 273 g/mol. The molecule has 1 fully saturated rings. The van der Waals surface area contributed by atoms with Crippen molar-refractivity contribution in [1.29, 1.82) is 0 Å². The minimum atomic E-state index is 0.0455. The van der Waals surface area contributed by atoms with Crippen LogP contribution in [0.5, 0.6) is 0 Å². The van der Waals surface area contributed by atoms with Crippen LogP contribution in [0.4, 0.5) is 0 Å². The molecule has 1 heterocycles. The molecule has 1 aliphatic rings. The molecule has 0 saturated carbocycles. The van der Waals surface area contributed by atoms with E-state index in [4.69, 9.17) is 27.9 Å². The molecule has 0 radical (unpaired) electrons. The van der Waals surface area contributed by atoms with Crippen LogP contribution < -0.4 is 5.32 Å². The Morgan fingerprint density at radius 1 is 1.41 bits per heavy atom. The smallest absolute Gasteiger partial charge is 0.0645 e. The lowest BCUT2D eigenvalue weighted by molar-refractivity contribution is 0.0278. The topological polar surface area (TPSA) is 21.3 Å². The van der Waals surface area contributed by atoms with Crippen molar-refractivity contribution in [1.82, 2.24) is 5.32 Å². The van der Waals surface area contributed by atoms with Crippen LogP contribution >= 0.6 is 23.2 Å². The molecule has 17 heavy (non-hydrogen) atoms. The number of ether oxygens (including phenoxy) is 1. The van der Waals surface area contributed by atoms with E-state index in [-0.39, 0.29) is 5.54 Å². The largest absolute Gasteiger partial charge is 0.380 e. The summed E-state index contributed by atoms with van der Waals surface area (Å²) in [6.45, 7) is 4.53. The Morgan fingerprint density at radius 3 is 2.94 bits per heavy atom. The summed E-state index contributed by atoms with van der Waals surface area (Å²) in [6.07, 6.45) is 2.23. The van der Waals surface area contributed by atoms with Gasteiger partial charge in [0.25, 0.3) is 0 Å². The third-order valence-electron chi connectivity index (χ3n) is 3.18. The molecule has 1 aromatic rings. The van der Waals surface area contributed by atoms with Gasteiger partial charge >= 0.3 is 0 Å². The summed E-state index contributed by atoms with van der Waals surface area (Å²) in [6, 6.07) is 5.72. The van der Waals surface area contributed by atoms with E-state index in [2.05, 4.69) is 12.2 Å². The molecule has 0 amide bonds. The summed E-state index contributed by atoms with van der Waals surface area (Å²) >= 11 is 12.1. The summed E-state index contributed by atoms with van der Waals surface area (Å²) in [5, 5.41) is 4.76. The van der Waals surface area contributed by atoms with Crippen molar-refractivity contribution < 1.29 is 4.74 Å². The van der Waals surface area contributed by atoms with Gasteiger partial charge in [0.2, 0.25) is 0 Å². The van der Waals surface area contributed by atoms with Gasteiger partial charge in [0.05, 0.1) is 16.7 Å². The van der Waals surface area contributed by atoms with Crippen LogP contribution in [-0.4, -0.2) is 18.8 Å². The lowest BCUT2D eigenvalue weighted by Crippen LogP contribution is -2.48. The van der Waals surface area contributed by atoms with Crippen LogP contribution in [0.3, 0.4) is 0 Å². The van der Waals surface area contributed by atoms with Gasteiger partial charge in [-0.3, -0.25) is 0 Å². The van der Waals surface area contributed by atoms with E-state index in [9.17, 15) is 0 Å². The molecular formula is C13H17Cl2NO. The maximum atomic E-state index is 6.15. The number of halogens is 2. The number of rotatable bonds is 3. The Balaban J connectivity index is 1.99. The minimum absolute atomic E-state index is 0.0455. The van der Waals surface area contributed by atoms with Crippen LogP contribution in [0, 0.1) is 0 Å². The SMILES string of the molecule is CC1(NCc2cccc(Cl)c2Cl)CCCOC1. The van der Waals surface area contributed by atoms with Gasteiger partial charge in [0.15, 0.2) is 0 Å². The Morgan fingerprint density at radius 2 is 2.24 bits per heavy atom. The summed E-state index contributed by atoms with van der Waals surface area (Å²) in [4.78, 5) is 0. The second-order valence-corrected chi connectivity index (χ2v) is 5.57. The molecule has 1 N–H and O–H groups in total. The Labute approximate surface area is 112 Å². The summed E-state index contributed by atoms with van der Waals surface area (Å²) in [5.41, 5.74) is 1.08. The predicted molar refractivity (Wildman–Crippen MR) is 71.8 cm³/mol. The normalized spacial score (nSPS) is 24.9. The lowest BCUT2D eigenvalue weighted by Gasteiger charge is -2.34. The minimum Gasteiger partial charge on any atom is -0.380 e. The van der Waals surface area contributed by atoms with Crippen LogP contribution in [-0.2, 0) is 11.3 Å². The molecule has 2 rings (SSSR count). The van der Waals surface area contributed by atoms with Crippen LogP contribution in [0.1, 0.15) is 25.3 Å². The number of hydrogen-bond acceptors (Lipinski definition) is 2. The van der Waals surface area contributed by atoms with Crippen molar-refractivity contribution in [2.45, 2.75) is 31.8 Å². The Bertz CT molecular complexity index is 389. The van der Waals surface area contributed by atoms with Gasteiger partial charge in [0, 0.05) is 18.7 Å². The van der Waals surface area contributed by atoms with Crippen molar-refractivity contribution >= 4 is 23.2 Å². The molecule has 4 heteroatoms. The summed E-state index contributed by atoms with van der Waals surface area (Å²) in [5.74, 6) is 0. The van der Waals surface area contributed by atoms with Crippen LogP contribution in [0.15, 0.2) is 18.2 Å². The molecule has 0 spiro atoms. The fourth-order valence-corrected chi connectivity index (χ4v) is 2.45. The predicted octanol–water partition coefficient (Wildman–Crippen LogP) is 3.65. The fraction of sp³-hybridized carbons (Fsp3) is 0.538. The fourth-order valence-electron chi connectivity index (χ4n) is 2.07. The summed E-state index contributed by atoms with van der Waals surface area (Å²) < 4.78 is 5.51. The van der Waals surface area contributed by atoms with E-state index in [1.807, 2.05) is 12.1 Å². The first-order chi connectivity index (χ1) is 8.11. The van der Waals surface area contributed by atoms with E-state index in [0.29, 0.717) is 10.0 Å². The summed E-state index contributed by atoms with van der Waals surface area (Å²) in [7, 11) is 0. The highest BCUT2D eigenvalue weighted by molar-refractivity contribution is 6.42. The second-order valence-electron chi connectivity index (χ2n) is 4.78. The highest BCUT2D eigenvalue weighted by Crippen LogP contribution is 2.26. The molecule has 0 aliphatic carbocycles. The third-order valence-corrected chi connectivity index (χ3v) is 4.03. The Hall–Kier alpha value is -0.280. The van der Waals surface area contributed by atoms with Crippen molar-refractivity contribution in [2.75, 3.05) is 13.2 Å². The molecule has 0 bridgehead atoms. The zero-order valence-corrected chi connectivity index (χ0v) is 11.4. The van der Waals surface area contributed by atoms with Crippen LogP contribution in [0.2, 0.25) is 10.0 Å². The third kappa shape index (κ3) is 3.35. The quantitative estimate of drug-likeness (QED) is 0.908. The first-order valence-electron chi connectivity index (χ1n) is 5.86. The van der Waals surface area contributed by atoms with Gasteiger partial charge in [-0.1, -0.05) is 35.3 Å². The number of benzene rings is 1. The van der Waals surface area contributed by atoms with E-state index in [0.717, 1.165) is 38.2 Å². The zero-order chi connectivity index (χ0) is 12.3. The van der Waals surface area contributed by atoms with Gasteiger partial charge in [0.1, 0.15) is 0 Å². The van der Waals surface area contributed by atoms with Crippen LogP contribution in [0.25, 0.3) is 0 Å². The molecular weight excluding hydrogens is 257 g/mol. The first-order valence-corrected chi connectivity index (χ1v) is 6.62. The van der Waals surface area contributed by atoms with E-state index < -0.39 is 0 Å². The molecule has 1 saturated heterocycles. The number of nitrogens with one attached hydrogen (secondary N) is 1. The molecule has 94 valence electrons. The van der Waals surface area contributed by atoms with Crippen molar-refractivity contribution in [3.63, 3.8) is 0 Å². The zero-order valence-electron chi connectivity index (χ0n) is 9.93. The van der Waals surface area contributed by atoms with Gasteiger partial charge in [-0.15, -0.1) is 0 Å². The van der Waals surface area contributed by atoms with Gasteiger partial charge in [-0.2, -0.15) is 0 Å². The first kappa shape index (κ1) is 13.2. The maximum absolute atomic E-state index is 6.15. The van der Waals surface area contributed by atoms with Crippen molar-refractivity contribution in [2.24, 2.45) is 0 Å². The molecule has 1 unspecified atom stereocenters. The lowest BCUT2D eigenvalue weighted by atomic mass is 9.94. The van der Waals surface area contributed by atoms with E-state index >= 15 is 0 Å². The average molecular weight is 274 g/mol. The van der Waals surface area contributed by atoms with Crippen molar-refractivity contribution in [3.05, 3.63) is 33.8 Å². The van der Waals surface area contributed by atoms with E-state index in [1.165, 1.54) is 0 Å². The second kappa shape index (κ2) is 5.57. The molecule has 0 aromatic heterocycles. The van der Waals surface area contributed by atoms with Gasteiger partial charge in [-0.25, -0.2) is 0 Å². The molecule has 1 aromatic carbocycles. The molecule has 1 atom stereocenters. The standard InChI is InChI=1S/C13H17Cl2NO/c1-13(6-3-7-17-9-13)16-8-10-4-2-5-11(14)12(10)15/h2,4-5,16H,3,6-9H2,1H3. The molecule has 1 aliphatic heterocycles. The molecule has 2 nitrogen and oxygen atoms in total. The highest BCUT2D eigenvalue weighted by atomic mass is 35.5.